The minimum atomic E-state index is -3.04. The lowest BCUT2D eigenvalue weighted by molar-refractivity contribution is 0.371. The van der Waals surface area contributed by atoms with Crippen molar-refractivity contribution in [2.45, 2.75) is 32.7 Å². The van der Waals surface area contributed by atoms with Crippen LogP contribution in [0.3, 0.4) is 0 Å². The Kier molecular flexibility index (Phi) is 8.43. The largest absolute Gasteiger partial charge is 0.359 e. The van der Waals surface area contributed by atoms with E-state index in [1.807, 2.05) is 6.07 Å². The molecule has 0 aliphatic carbocycles. The van der Waals surface area contributed by atoms with Crippen LogP contribution in [-0.2, 0) is 16.6 Å². The lowest BCUT2D eigenvalue weighted by atomic mass is 10.1. The Hall–Kier alpha value is -0.880. The van der Waals surface area contributed by atoms with Crippen molar-refractivity contribution in [2.75, 3.05) is 32.4 Å². The maximum absolute atomic E-state index is 11.7. The summed E-state index contributed by atoms with van der Waals surface area (Å²) in [6, 6.07) is 1.92. The van der Waals surface area contributed by atoms with Gasteiger partial charge in [0.1, 0.15) is 0 Å². The fraction of sp³-hybridized carbons (Fsp3) is 0.714. The van der Waals surface area contributed by atoms with Gasteiger partial charge in [-0.1, -0.05) is 19.0 Å². The first-order chi connectivity index (χ1) is 10.9. The van der Waals surface area contributed by atoms with Gasteiger partial charge in [-0.15, -0.1) is 24.0 Å². The van der Waals surface area contributed by atoms with Crippen LogP contribution in [-0.4, -0.2) is 56.3 Å². The summed E-state index contributed by atoms with van der Waals surface area (Å²) in [6.45, 7) is 6.15. The maximum Gasteiger partial charge on any atom is 0.214 e. The van der Waals surface area contributed by atoms with E-state index in [9.17, 15) is 8.42 Å². The number of aromatic nitrogens is 1. The summed E-state index contributed by atoms with van der Waals surface area (Å²) in [5, 5.41) is 10.2. The number of nitrogens with zero attached hydrogens (tertiary/aromatic N) is 3. The Labute approximate surface area is 160 Å². The molecule has 0 unspecified atom stereocenters. The Morgan fingerprint density at radius 2 is 2.21 bits per heavy atom. The van der Waals surface area contributed by atoms with E-state index in [2.05, 4.69) is 34.6 Å². The zero-order valence-corrected chi connectivity index (χ0v) is 17.4. The SMILES string of the molecule is CN=C(NCCN1CCCS1(=O)=O)NCc1cc(C(C)C)no1.I. The van der Waals surface area contributed by atoms with Crippen molar-refractivity contribution in [1.82, 2.24) is 20.1 Å². The molecule has 24 heavy (non-hydrogen) atoms. The highest BCUT2D eigenvalue weighted by Crippen LogP contribution is 2.14. The van der Waals surface area contributed by atoms with Gasteiger partial charge in [0, 0.05) is 32.7 Å². The number of guanidine groups is 1. The predicted molar refractivity (Wildman–Crippen MR) is 104 cm³/mol. The molecule has 1 aromatic rings. The molecule has 1 fully saturated rings. The van der Waals surface area contributed by atoms with E-state index in [1.54, 1.807) is 7.05 Å². The monoisotopic (exact) mass is 471 g/mol. The summed E-state index contributed by atoms with van der Waals surface area (Å²) in [5.74, 6) is 1.92. The van der Waals surface area contributed by atoms with E-state index in [1.165, 1.54) is 4.31 Å². The molecule has 1 aromatic heterocycles. The highest BCUT2D eigenvalue weighted by molar-refractivity contribution is 14.0. The van der Waals surface area contributed by atoms with E-state index in [4.69, 9.17) is 4.52 Å². The molecular weight excluding hydrogens is 445 g/mol. The van der Waals surface area contributed by atoms with Crippen LogP contribution < -0.4 is 10.6 Å². The van der Waals surface area contributed by atoms with Crippen LogP contribution >= 0.6 is 24.0 Å². The molecule has 0 atom stereocenters. The first-order valence-electron chi connectivity index (χ1n) is 7.80. The van der Waals surface area contributed by atoms with Gasteiger partial charge in [0.05, 0.1) is 18.0 Å². The molecule has 10 heteroatoms. The number of nitrogens with one attached hydrogen (secondary N) is 2. The molecule has 0 bridgehead atoms. The Morgan fingerprint density at radius 3 is 2.75 bits per heavy atom. The molecule has 0 spiro atoms. The van der Waals surface area contributed by atoms with Gasteiger partial charge in [-0.3, -0.25) is 4.99 Å². The van der Waals surface area contributed by atoms with Crippen LogP contribution in [0.15, 0.2) is 15.6 Å². The Balaban J connectivity index is 0.00000288. The smallest absolute Gasteiger partial charge is 0.214 e. The second kappa shape index (κ2) is 9.56. The average Bonchev–Trinajstić information content (AvgIpc) is 3.09. The predicted octanol–water partition coefficient (Wildman–Crippen LogP) is 1.12. The molecule has 2 N–H and O–H groups in total. The first-order valence-corrected chi connectivity index (χ1v) is 9.41. The minimum absolute atomic E-state index is 0. The lowest BCUT2D eigenvalue weighted by Gasteiger charge is -2.16. The summed E-state index contributed by atoms with van der Waals surface area (Å²) >= 11 is 0. The quantitative estimate of drug-likeness (QED) is 0.367. The van der Waals surface area contributed by atoms with Gasteiger partial charge in [0.2, 0.25) is 10.0 Å². The fourth-order valence-corrected chi connectivity index (χ4v) is 3.85. The molecule has 0 radical (unpaired) electrons. The van der Waals surface area contributed by atoms with Crippen molar-refractivity contribution in [1.29, 1.82) is 0 Å². The van der Waals surface area contributed by atoms with Gasteiger partial charge in [-0.05, 0) is 12.3 Å². The van der Waals surface area contributed by atoms with Gasteiger partial charge in [-0.2, -0.15) is 0 Å². The topological polar surface area (TPSA) is 99.8 Å². The van der Waals surface area contributed by atoms with Crippen LogP contribution in [0.4, 0.5) is 0 Å². The third-order valence-electron chi connectivity index (χ3n) is 3.68. The number of hydrogen-bond acceptors (Lipinski definition) is 5. The second-order valence-corrected chi connectivity index (χ2v) is 7.88. The van der Waals surface area contributed by atoms with Crippen molar-refractivity contribution in [2.24, 2.45) is 4.99 Å². The molecule has 1 aliphatic heterocycles. The van der Waals surface area contributed by atoms with E-state index in [0.717, 1.165) is 11.5 Å². The maximum atomic E-state index is 11.7. The zero-order chi connectivity index (χ0) is 16.9. The standard InChI is InChI=1S/C14H25N5O3S.HI/c1-11(2)13-9-12(22-18-13)10-17-14(15-3)16-5-7-19-6-4-8-23(19,20)21;/h9,11H,4-8,10H2,1-3H3,(H2,15,16,17);1H. The highest BCUT2D eigenvalue weighted by Gasteiger charge is 2.27. The Bertz CT molecular complexity index is 645. The average molecular weight is 471 g/mol. The molecule has 2 heterocycles. The van der Waals surface area contributed by atoms with Gasteiger partial charge >= 0.3 is 0 Å². The van der Waals surface area contributed by atoms with Crippen LogP contribution in [0.5, 0.6) is 0 Å². The van der Waals surface area contributed by atoms with Gasteiger partial charge in [0.25, 0.3) is 0 Å². The minimum Gasteiger partial charge on any atom is -0.359 e. The molecular formula is C14H26IN5O3S. The van der Waals surface area contributed by atoms with Gasteiger partial charge in [-0.25, -0.2) is 12.7 Å². The van der Waals surface area contributed by atoms with Crippen molar-refractivity contribution in [3.63, 3.8) is 0 Å². The fourth-order valence-electron chi connectivity index (χ4n) is 2.32. The summed E-state index contributed by atoms with van der Waals surface area (Å²) in [5.41, 5.74) is 0.920. The van der Waals surface area contributed by atoms with E-state index in [-0.39, 0.29) is 29.7 Å². The molecule has 0 aromatic carbocycles. The second-order valence-electron chi connectivity index (χ2n) is 5.79. The summed E-state index contributed by atoms with van der Waals surface area (Å²) in [7, 11) is -1.37. The number of halogens is 1. The van der Waals surface area contributed by atoms with Crippen molar-refractivity contribution in [3.05, 3.63) is 17.5 Å². The van der Waals surface area contributed by atoms with E-state index in [0.29, 0.717) is 44.5 Å². The number of hydrogen-bond donors (Lipinski definition) is 2. The summed E-state index contributed by atoms with van der Waals surface area (Å²) in [4.78, 5) is 4.11. The van der Waals surface area contributed by atoms with Crippen LogP contribution in [0, 0.1) is 0 Å². The molecule has 2 rings (SSSR count). The number of aliphatic imine (C=N–C) groups is 1. The third-order valence-corrected chi connectivity index (χ3v) is 5.64. The lowest BCUT2D eigenvalue weighted by Crippen LogP contribution is -2.41. The van der Waals surface area contributed by atoms with Crippen molar-refractivity contribution >= 4 is 40.0 Å². The molecule has 0 saturated carbocycles. The van der Waals surface area contributed by atoms with Crippen LogP contribution in [0.25, 0.3) is 0 Å². The number of rotatable bonds is 6. The molecule has 1 aliphatic rings. The van der Waals surface area contributed by atoms with Crippen LogP contribution in [0.1, 0.15) is 37.6 Å². The van der Waals surface area contributed by atoms with Crippen LogP contribution in [0.2, 0.25) is 0 Å². The molecule has 138 valence electrons. The summed E-state index contributed by atoms with van der Waals surface area (Å²) < 4.78 is 30.2. The van der Waals surface area contributed by atoms with Crippen molar-refractivity contribution in [3.8, 4) is 0 Å². The molecule has 1 saturated heterocycles. The number of sulfonamides is 1. The van der Waals surface area contributed by atoms with E-state index >= 15 is 0 Å². The van der Waals surface area contributed by atoms with E-state index < -0.39 is 10.0 Å². The van der Waals surface area contributed by atoms with Crippen molar-refractivity contribution < 1.29 is 12.9 Å². The molecule has 0 amide bonds. The van der Waals surface area contributed by atoms with Gasteiger partial charge in [0.15, 0.2) is 11.7 Å². The normalized spacial score (nSPS) is 17.8. The third kappa shape index (κ3) is 5.88. The zero-order valence-electron chi connectivity index (χ0n) is 14.3. The summed E-state index contributed by atoms with van der Waals surface area (Å²) in [6.07, 6.45) is 0.707. The Morgan fingerprint density at radius 1 is 1.46 bits per heavy atom. The first kappa shape index (κ1) is 21.2. The molecule has 8 nitrogen and oxygen atoms in total. The highest BCUT2D eigenvalue weighted by atomic mass is 127. The van der Waals surface area contributed by atoms with Gasteiger partial charge < -0.3 is 15.2 Å².